The van der Waals surface area contributed by atoms with Crippen molar-refractivity contribution in [3.63, 3.8) is 0 Å². The van der Waals surface area contributed by atoms with Crippen LogP contribution in [0.5, 0.6) is 0 Å². The van der Waals surface area contributed by atoms with Crippen molar-refractivity contribution in [2.24, 2.45) is 5.92 Å². The predicted molar refractivity (Wildman–Crippen MR) is 83.4 cm³/mol. The molecule has 0 radical (unpaired) electrons. The first kappa shape index (κ1) is 15.6. The minimum Gasteiger partial charge on any atom is -0.356 e. The van der Waals surface area contributed by atoms with Crippen LogP contribution in [0.4, 0.5) is 0 Å². The highest BCUT2D eigenvalue weighted by Gasteiger charge is 2.13. The van der Waals surface area contributed by atoms with Crippen LogP contribution in [-0.4, -0.2) is 25.5 Å². The van der Waals surface area contributed by atoms with E-state index < -0.39 is 0 Å². The van der Waals surface area contributed by atoms with Gasteiger partial charge >= 0.3 is 0 Å². The molecule has 20 heavy (non-hydrogen) atoms. The summed E-state index contributed by atoms with van der Waals surface area (Å²) in [5.41, 5.74) is 0.813. The van der Waals surface area contributed by atoms with Gasteiger partial charge in [-0.2, -0.15) is 0 Å². The van der Waals surface area contributed by atoms with E-state index >= 15 is 0 Å². The summed E-state index contributed by atoms with van der Waals surface area (Å²) < 4.78 is 0. The predicted octanol–water partition coefficient (Wildman–Crippen LogP) is 3.04. The molecule has 1 unspecified atom stereocenters. The van der Waals surface area contributed by atoms with E-state index in [1.54, 1.807) is 18.2 Å². The highest BCUT2D eigenvalue weighted by Crippen LogP contribution is 2.21. The maximum atomic E-state index is 11.9. The molecule has 0 spiro atoms. The van der Waals surface area contributed by atoms with Gasteiger partial charge in [-0.15, -0.1) is 0 Å². The Morgan fingerprint density at radius 1 is 1.40 bits per heavy atom. The zero-order chi connectivity index (χ0) is 14.4. The summed E-state index contributed by atoms with van der Waals surface area (Å²) in [6, 6.07) is 5.22. The topological polar surface area (TPSA) is 41.1 Å². The molecule has 1 aromatic rings. The molecular formula is C15H20Cl2N2O. The van der Waals surface area contributed by atoms with Crippen LogP contribution in [0.2, 0.25) is 10.0 Å². The Labute approximate surface area is 130 Å². The highest BCUT2D eigenvalue weighted by molar-refractivity contribution is 6.35. The van der Waals surface area contributed by atoms with Crippen molar-refractivity contribution < 1.29 is 4.79 Å². The van der Waals surface area contributed by atoms with E-state index in [0.29, 0.717) is 22.4 Å². The van der Waals surface area contributed by atoms with E-state index in [4.69, 9.17) is 23.2 Å². The Morgan fingerprint density at radius 3 is 2.95 bits per heavy atom. The molecule has 110 valence electrons. The lowest BCUT2D eigenvalue weighted by molar-refractivity contribution is -0.120. The zero-order valence-corrected chi connectivity index (χ0v) is 12.9. The van der Waals surface area contributed by atoms with Crippen LogP contribution in [0.25, 0.3) is 0 Å². The van der Waals surface area contributed by atoms with Crippen molar-refractivity contribution in [1.29, 1.82) is 0 Å². The molecule has 1 amide bonds. The zero-order valence-electron chi connectivity index (χ0n) is 11.4. The summed E-state index contributed by atoms with van der Waals surface area (Å²) >= 11 is 11.9. The molecule has 1 saturated heterocycles. The second kappa shape index (κ2) is 7.87. The Hall–Kier alpha value is -0.770. The summed E-state index contributed by atoms with van der Waals surface area (Å²) in [4.78, 5) is 11.9. The summed E-state index contributed by atoms with van der Waals surface area (Å²) in [6.07, 6.45) is 3.83. The Balaban J connectivity index is 1.72. The van der Waals surface area contributed by atoms with E-state index in [2.05, 4.69) is 10.6 Å². The fraction of sp³-hybridized carbons (Fsp3) is 0.533. The number of rotatable bonds is 5. The van der Waals surface area contributed by atoms with Gasteiger partial charge in [0.2, 0.25) is 5.91 Å². The third-order valence-corrected chi connectivity index (χ3v) is 4.23. The number of nitrogens with one attached hydrogen (secondary N) is 2. The van der Waals surface area contributed by atoms with Gasteiger partial charge in [-0.1, -0.05) is 29.3 Å². The molecule has 5 heteroatoms. The van der Waals surface area contributed by atoms with Gasteiger partial charge in [-0.3, -0.25) is 4.79 Å². The lowest BCUT2D eigenvalue weighted by Crippen LogP contribution is -2.33. The van der Waals surface area contributed by atoms with Crippen LogP contribution in [0.15, 0.2) is 18.2 Å². The van der Waals surface area contributed by atoms with Crippen LogP contribution in [0.3, 0.4) is 0 Å². The van der Waals surface area contributed by atoms with E-state index in [1.807, 2.05) is 0 Å². The molecule has 0 saturated carbocycles. The van der Waals surface area contributed by atoms with Crippen LogP contribution in [0.1, 0.15) is 24.8 Å². The first-order valence-corrected chi connectivity index (χ1v) is 7.82. The van der Waals surface area contributed by atoms with Crippen molar-refractivity contribution in [3.8, 4) is 0 Å². The van der Waals surface area contributed by atoms with Crippen LogP contribution < -0.4 is 10.6 Å². The van der Waals surface area contributed by atoms with E-state index in [1.165, 1.54) is 12.8 Å². The van der Waals surface area contributed by atoms with Gasteiger partial charge in [0, 0.05) is 16.6 Å². The Kier molecular flexibility index (Phi) is 6.14. The average molecular weight is 315 g/mol. The number of piperidine rings is 1. The minimum absolute atomic E-state index is 0.0120. The molecule has 0 aliphatic carbocycles. The number of hydrogen-bond donors (Lipinski definition) is 2. The van der Waals surface area contributed by atoms with Crippen molar-refractivity contribution >= 4 is 29.1 Å². The number of halogens is 2. The maximum absolute atomic E-state index is 11.9. The minimum atomic E-state index is 0.0120. The molecule has 1 aliphatic rings. The molecule has 2 N–H and O–H groups in total. The van der Waals surface area contributed by atoms with Gasteiger partial charge in [-0.05, 0) is 56.0 Å². The molecule has 1 heterocycles. The van der Waals surface area contributed by atoms with Crippen molar-refractivity contribution in [2.45, 2.75) is 25.7 Å². The average Bonchev–Trinajstić information content (AvgIpc) is 2.43. The smallest absolute Gasteiger partial charge is 0.224 e. The summed E-state index contributed by atoms with van der Waals surface area (Å²) in [6.45, 7) is 2.92. The van der Waals surface area contributed by atoms with Crippen molar-refractivity contribution in [2.75, 3.05) is 19.6 Å². The van der Waals surface area contributed by atoms with Crippen molar-refractivity contribution in [1.82, 2.24) is 10.6 Å². The third-order valence-electron chi connectivity index (χ3n) is 3.64. The van der Waals surface area contributed by atoms with Gasteiger partial charge < -0.3 is 10.6 Å². The Bertz CT molecular complexity index is 459. The normalized spacial score (nSPS) is 18.8. The number of benzene rings is 1. The second-order valence-corrected chi connectivity index (χ2v) is 6.11. The van der Waals surface area contributed by atoms with Crippen molar-refractivity contribution in [3.05, 3.63) is 33.8 Å². The SMILES string of the molecule is O=C(Cc1ccc(Cl)cc1Cl)NCCC1CCCNC1. The van der Waals surface area contributed by atoms with Crippen LogP contribution >= 0.6 is 23.2 Å². The lowest BCUT2D eigenvalue weighted by Gasteiger charge is -2.22. The van der Waals surface area contributed by atoms with Gasteiger partial charge in [0.15, 0.2) is 0 Å². The number of carbonyl (C=O) groups is 1. The number of amides is 1. The summed E-state index contributed by atoms with van der Waals surface area (Å²) in [5, 5.41) is 7.48. The fourth-order valence-electron chi connectivity index (χ4n) is 2.49. The first-order chi connectivity index (χ1) is 9.65. The fourth-order valence-corrected chi connectivity index (χ4v) is 2.96. The van der Waals surface area contributed by atoms with Gasteiger partial charge in [0.05, 0.1) is 6.42 Å². The lowest BCUT2D eigenvalue weighted by atomic mass is 9.96. The monoisotopic (exact) mass is 314 g/mol. The largest absolute Gasteiger partial charge is 0.356 e. The van der Waals surface area contributed by atoms with E-state index in [-0.39, 0.29) is 5.91 Å². The summed E-state index contributed by atoms with van der Waals surface area (Å²) in [5.74, 6) is 0.696. The molecular weight excluding hydrogens is 295 g/mol. The molecule has 1 atom stereocenters. The Morgan fingerprint density at radius 2 is 2.25 bits per heavy atom. The van der Waals surface area contributed by atoms with Gasteiger partial charge in [0.1, 0.15) is 0 Å². The molecule has 1 fully saturated rings. The molecule has 1 aliphatic heterocycles. The molecule has 3 nitrogen and oxygen atoms in total. The molecule has 0 aromatic heterocycles. The van der Waals surface area contributed by atoms with E-state index in [9.17, 15) is 4.79 Å². The van der Waals surface area contributed by atoms with Crippen LogP contribution in [0, 0.1) is 5.92 Å². The first-order valence-electron chi connectivity index (χ1n) is 7.06. The van der Waals surface area contributed by atoms with Gasteiger partial charge in [-0.25, -0.2) is 0 Å². The number of hydrogen-bond acceptors (Lipinski definition) is 2. The summed E-state index contributed by atoms with van der Waals surface area (Å²) in [7, 11) is 0. The standard InChI is InChI=1S/C15H20Cl2N2O/c16-13-4-3-12(14(17)9-13)8-15(20)19-7-5-11-2-1-6-18-10-11/h3-4,9,11,18H,1-2,5-8,10H2,(H,19,20). The number of carbonyl (C=O) groups excluding carboxylic acids is 1. The molecule has 0 bridgehead atoms. The second-order valence-electron chi connectivity index (χ2n) is 5.26. The van der Waals surface area contributed by atoms with Gasteiger partial charge in [0.25, 0.3) is 0 Å². The highest BCUT2D eigenvalue weighted by atomic mass is 35.5. The maximum Gasteiger partial charge on any atom is 0.224 e. The molecule has 1 aromatic carbocycles. The molecule has 2 rings (SSSR count). The van der Waals surface area contributed by atoms with Crippen LogP contribution in [-0.2, 0) is 11.2 Å². The van der Waals surface area contributed by atoms with E-state index in [0.717, 1.165) is 31.6 Å². The quantitative estimate of drug-likeness (QED) is 0.877. The third kappa shape index (κ3) is 4.97.